The largest absolute Gasteiger partial charge is 0.397 e. The Kier molecular flexibility index (Phi) is 2.45. The molecule has 0 saturated heterocycles. The zero-order valence-corrected chi connectivity index (χ0v) is 12.8. The Morgan fingerprint density at radius 3 is 2.95 bits per heavy atom. The summed E-state index contributed by atoms with van der Waals surface area (Å²) in [5.74, 6) is 0.883. The van der Waals surface area contributed by atoms with Crippen molar-refractivity contribution in [2.75, 3.05) is 5.73 Å². The molecule has 0 aliphatic carbocycles. The van der Waals surface area contributed by atoms with Crippen LogP contribution in [0.5, 0.6) is 0 Å². The number of halogens is 1. The molecule has 1 aromatic carbocycles. The smallest absolute Gasteiger partial charge is 0.148 e. The summed E-state index contributed by atoms with van der Waals surface area (Å²) in [4.78, 5) is 9.10. The van der Waals surface area contributed by atoms with Gasteiger partial charge in [-0.15, -0.1) is 22.7 Å². The number of nitrogen functional groups attached to an aromatic ring is 1. The molecule has 94 valence electrons. The second kappa shape index (κ2) is 4.06. The van der Waals surface area contributed by atoms with Gasteiger partial charge in [0.25, 0.3) is 0 Å². The number of thiophene rings is 2. The Bertz CT molecular complexity index is 875. The van der Waals surface area contributed by atoms with Crippen LogP contribution < -0.4 is 5.73 Å². The quantitative estimate of drug-likeness (QED) is 0.482. The number of nitrogens with two attached hydrogens (primary N) is 1. The first kappa shape index (κ1) is 11.5. The third-order valence-corrected chi connectivity index (χ3v) is 5.51. The lowest BCUT2D eigenvalue weighted by molar-refractivity contribution is 1.36. The predicted octanol–water partition coefficient (Wildman–Crippen LogP) is 4.85. The summed E-state index contributed by atoms with van der Waals surface area (Å²) in [5.41, 5.74) is 8.47. The molecule has 3 nitrogen and oxygen atoms in total. The van der Waals surface area contributed by atoms with E-state index in [1.807, 2.05) is 12.1 Å². The predicted molar refractivity (Wildman–Crippen MR) is 86.9 cm³/mol. The molecular formula is C13H8BrN3S2. The van der Waals surface area contributed by atoms with E-state index in [2.05, 4.69) is 43.4 Å². The van der Waals surface area contributed by atoms with Crippen LogP contribution in [0, 0.1) is 0 Å². The molecule has 4 aromatic rings. The Balaban J connectivity index is 1.95. The molecule has 0 radical (unpaired) electrons. The van der Waals surface area contributed by atoms with E-state index >= 15 is 0 Å². The molecule has 4 rings (SSSR count). The van der Waals surface area contributed by atoms with Crippen LogP contribution in [0.15, 0.2) is 34.1 Å². The number of rotatable bonds is 1. The van der Waals surface area contributed by atoms with Crippen molar-refractivity contribution in [1.29, 1.82) is 0 Å². The molecule has 0 spiro atoms. The highest BCUT2D eigenvalue weighted by atomic mass is 79.9. The number of nitrogens with zero attached hydrogens (tertiary/aromatic N) is 1. The number of aromatic amines is 1. The topological polar surface area (TPSA) is 54.7 Å². The molecule has 0 unspecified atom stereocenters. The summed E-state index contributed by atoms with van der Waals surface area (Å²) in [6.07, 6.45) is 0. The van der Waals surface area contributed by atoms with Crippen LogP contribution >= 0.6 is 38.6 Å². The lowest BCUT2D eigenvalue weighted by Crippen LogP contribution is -1.86. The molecule has 19 heavy (non-hydrogen) atoms. The standard InChI is InChI=1S/C13H8BrN3S2/c14-6-3-7(15)12-8(4-6)16-13(17-12)11-5-10-9(19-11)1-2-18-10/h1-5H,15H2,(H,16,17). The summed E-state index contributed by atoms with van der Waals surface area (Å²) in [5, 5.41) is 2.11. The Labute approximate surface area is 125 Å². The van der Waals surface area contributed by atoms with Crippen molar-refractivity contribution >= 4 is 64.7 Å². The highest BCUT2D eigenvalue weighted by Gasteiger charge is 2.11. The average Bonchev–Trinajstić information content (AvgIpc) is 2.98. The number of imidazole rings is 1. The zero-order chi connectivity index (χ0) is 13.0. The van der Waals surface area contributed by atoms with Crippen LogP contribution in [-0.2, 0) is 0 Å². The van der Waals surface area contributed by atoms with E-state index in [4.69, 9.17) is 5.73 Å². The highest BCUT2D eigenvalue weighted by Crippen LogP contribution is 2.36. The first-order valence-corrected chi connectivity index (χ1v) is 8.12. The van der Waals surface area contributed by atoms with Crippen molar-refractivity contribution in [3.05, 3.63) is 34.1 Å². The highest BCUT2D eigenvalue weighted by molar-refractivity contribution is 9.10. The summed E-state index contributed by atoms with van der Waals surface area (Å²) in [6.45, 7) is 0. The second-order valence-corrected chi connectivity index (χ2v) is 7.18. The minimum atomic E-state index is 0.685. The summed E-state index contributed by atoms with van der Waals surface area (Å²) < 4.78 is 3.56. The maximum absolute atomic E-state index is 6.00. The van der Waals surface area contributed by atoms with Crippen molar-refractivity contribution in [3.8, 4) is 10.7 Å². The van der Waals surface area contributed by atoms with Crippen LogP contribution in [-0.4, -0.2) is 9.97 Å². The molecule has 0 saturated carbocycles. The first-order valence-electron chi connectivity index (χ1n) is 5.63. The molecule has 0 fully saturated rings. The van der Waals surface area contributed by atoms with Crippen LogP contribution in [0.2, 0.25) is 0 Å². The molecule has 0 bridgehead atoms. The fourth-order valence-corrected chi connectivity index (χ4v) is 4.64. The fourth-order valence-electron chi connectivity index (χ4n) is 2.11. The zero-order valence-electron chi connectivity index (χ0n) is 9.61. The van der Waals surface area contributed by atoms with E-state index in [9.17, 15) is 0 Å². The van der Waals surface area contributed by atoms with Gasteiger partial charge in [0.2, 0.25) is 0 Å². The van der Waals surface area contributed by atoms with E-state index in [0.29, 0.717) is 5.69 Å². The van der Waals surface area contributed by atoms with Crippen molar-refractivity contribution < 1.29 is 0 Å². The summed E-state index contributed by atoms with van der Waals surface area (Å²) >= 11 is 6.95. The van der Waals surface area contributed by atoms with Gasteiger partial charge < -0.3 is 10.7 Å². The molecule has 0 aliphatic rings. The maximum Gasteiger partial charge on any atom is 0.148 e. The fraction of sp³-hybridized carbons (Fsp3) is 0. The molecule has 3 N–H and O–H groups in total. The SMILES string of the molecule is Nc1cc(Br)cc2[nH]c(-c3cc4sccc4s3)nc12. The van der Waals surface area contributed by atoms with Crippen LogP contribution in [0.1, 0.15) is 0 Å². The Morgan fingerprint density at radius 2 is 2.11 bits per heavy atom. The van der Waals surface area contributed by atoms with Gasteiger partial charge in [-0.05, 0) is 29.6 Å². The van der Waals surface area contributed by atoms with Crippen LogP contribution in [0.3, 0.4) is 0 Å². The van der Waals surface area contributed by atoms with Gasteiger partial charge >= 0.3 is 0 Å². The van der Waals surface area contributed by atoms with Gasteiger partial charge in [0.05, 0.1) is 16.1 Å². The lowest BCUT2D eigenvalue weighted by atomic mass is 10.3. The number of nitrogens with one attached hydrogen (secondary N) is 1. The van der Waals surface area contributed by atoms with Gasteiger partial charge in [-0.25, -0.2) is 4.98 Å². The van der Waals surface area contributed by atoms with E-state index in [0.717, 1.165) is 26.2 Å². The number of anilines is 1. The van der Waals surface area contributed by atoms with E-state index in [1.165, 1.54) is 9.40 Å². The van der Waals surface area contributed by atoms with Crippen molar-refractivity contribution in [1.82, 2.24) is 9.97 Å². The maximum atomic E-state index is 6.00. The lowest BCUT2D eigenvalue weighted by Gasteiger charge is -1.94. The van der Waals surface area contributed by atoms with Crippen molar-refractivity contribution in [3.63, 3.8) is 0 Å². The van der Waals surface area contributed by atoms with E-state index in [-0.39, 0.29) is 0 Å². The van der Waals surface area contributed by atoms with Gasteiger partial charge in [0.15, 0.2) is 0 Å². The van der Waals surface area contributed by atoms with Crippen molar-refractivity contribution in [2.24, 2.45) is 0 Å². The molecule has 0 aliphatic heterocycles. The number of fused-ring (bicyclic) bond motifs is 2. The first-order chi connectivity index (χ1) is 9.20. The van der Waals surface area contributed by atoms with Gasteiger partial charge in [0.1, 0.15) is 11.3 Å². The minimum absolute atomic E-state index is 0.685. The number of hydrogen-bond donors (Lipinski definition) is 2. The van der Waals surface area contributed by atoms with Gasteiger partial charge in [-0.3, -0.25) is 0 Å². The van der Waals surface area contributed by atoms with Crippen molar-refractivity contribution in [2.45, 2.75) is 0 Å². The Morgan fingerprint density at radius 1 is 1.21 bits per heavy atom. The van der Waals surface area contributed by atoms with E-state index < -0.39 is 0 Å². The Hall–Kier alpha value is -1.37. The summed E-state index contributed by atoms with van der Waals surface area (Å²) in [6, 6.07) is 8.19. The molecule has 6 heteroatoms. The average molecular weight is 350 g/mol. The molecular weight excluding hydrogens is 342 g/mol. The van der Waals surface area contributed by atoms with Crippen LogP contribution in [0.4, 0.5) is 5.69 Å². The second-order valence-electron chi connectivity index (χ2n) is 4.24. The summed E-state index contributed by atoms with van der Waals surface area (Å²) in [7, 11) is 0. The van der Waals surface area contributed by atoms with Crippen LogP contribution in [0.25, 0.3) is 31.1 Å². The molecule has 3 aromatic heterocycles. The van der Waals surface area contributed by atoms with Gasteiger partial charge in [-0.2, -0.15) is 0 Å². The number of benzene rings is 1. The minimum Gasteiger partial charge on any atom is -0.397 e. The van der Waals surface area contributed by atoms with Gasteiger partial charge in [0, 0.05) is 13.9 Å². The normalized spacial score (nSPS) is 11.6. The monoisotopic (exact) mass is 349 g/mol. The van der Waals surface area contributed by atoms with Gasteiger partial charge in [-0.1, -0.05) is 15.9 Å². The number of H-pyrrole nitrogens is 1. The molecule has 3 heterocycles. The molecule has 0 amide bonds. The molecule has 0 atom stereocenters. The number of aromatic nitrogens is 2. The third kappa shape index (κ3) is 1.79. The number of hydrogen-bond acceptors (Lipinski definition) is 4. The van der Waals surface area contributed by atoms with E-state index in [1.54, 1.807) is 22.7 Å². The third-order valence-electron chi connectivity index (χ3n) is 2.95.